The smallest absolute Gasteiger partial charge is 0.149 e. The van der Waals surface area contributed by atoms with Crippen LogP contribution in [0.5, 0.6) is 5.75 Å². The summed E-state index contributed by atoms with van der Waals surface area (Å²) < 4.78 is 7.52. The summed E-state index contributed by atoms with van der Waals surface area (Å²) in [5.41, 5.74) is 4.14. The molecule has 0 aliphatic carbocycles. The molecule has 4 rings (SSSR count). The third-order valence-corrected chi connectivity index (χ3v) is 4.26. The number of aromatic nitrogens is 3. The molecular formula is C22H18N4O. The molecule has 27 heavy (non-hydrogen) atoms. The number of nitrogens with zero attached hydrogens (tertiary/aromatic N) is 3. The van der Waals surface area contributed by atoms with Gasteiger partial charge in [-0.15, -0.1) is 0 Å². The van der Waals surface area contributed by atoms with Crippen molar-refractivity contribution in [3.8, 4) is 17.5 Å². The molecule has 0 saturated heterocycles. The molecule has 0 saturated carbocycles. The molecule has 0 aliphatic heterocycles. The first-order chi connectivity index (χ1) is 13.3. The van der Waals surface area contributed by atoms with Crippen LogP contribution in [0.4, 0.5) is 0 Å². The van der Waals surface area contributed by atoms with Crippen molar-refractivity contribution in [2.45, 2.75) is 6.92 Å². The molecular weight excluding hydrogens is 336 g/mol. The molecule has 0 unspecified atom stereocenters. The van der Waals surface area contributed by atoms with Gasteiger partial charge in [0.05, 0.1) is 23.2 Å². The minimum Gasteiger partial charge on any atom is -0.494 e. The summed E-state index contributed by atoms with van der Waals surface area (Å²) in [6, 6.07) is 21.8. The third kappa shape index (κ3) is 3.33. The average Bonchev–Trinajstić information content (AvgIpc) is 3.33. The summed E-state index contributed by atoms with van der Waals surface area (Å²) in [4.78, 5) is 7.74. The van der Waals surface area contributed by atoms with Crippen molar-refractivity contribution >= 4 is 22.7 Å². The number of rotatable bonds is 5. The summed E-state index contributed by atoms with van der Waals surface area (Å²) in [5, 5.41) is 9.66. The van der Waals surface area contributed by atoms with Gasteiger partial charge in [-0.05, 0) is 61.5 Å². The van der Waals surface area contributed by atoms with Crippen LogP contribution in [0.3, 0.4) is 0 Å². The fourth-order valence-electron chi connectivity index (χ4n) is 3.00. The highest BCUT2D eigenvalue weighted by molar-refractivity contribution is 5.90. The Bertz CT molecular complexity index is 1110. The molecule has 2 aromatic heterocycles. The number of para-hydroxylation sites is 2. The molecule has 0 atom stereocenters. The Balaban J connectivity index is 1.71. The Labute approximate surface area is 157 Å². The van der Waals surface area contributed by atoms with Gasteiger partial charge in [-0.25, -0.2) is 4.98 Å². The second-order valence-electron chi connectivity index (χ2n) is 6.00. The van der Waals surface area contributed by atoms with E-state index in [0.717, 1.165) is 28.2 Å². The van der Waals surface area contributed by atoms with E-state index in [1.54, 1.807) is 0 Å². The summed E-state index contributed by atoms with van der Waals surface area (Å²) in [6.45, 7) is 2.60. The summed E-state index contributed by atoms with van der Waals surface area (Å²) in [6.07, 6.45) is 3.81. The van der Waals surface area contributed by atoms with E-state index >= 15 is 0 Å². The first kappa shape index (κ1) is 16.7. The number of H-pyrrole nitrogens is 1. The number of allylic oxidation sites excluding steroid dienone is 1. The van der Waals surface area contributed by atoms with E-state index in [2.05, 4.69) is 16.0 Å². The molecule has 4 aromatic rings. The number of imidazole rings is 1. The Kier molecular flexibility index (Phi) is 4.46. The summed E-state index contributed by atoms with van der Waals surface area (Å²) in [5.74, 6) is 1.41. The van der Waals surface area contributed by atoms with Crippen molar-refractivity contribution in [2.75, 3.05) is 6.61 Å². The highest BCUT2D eigenvalue weighted by Crippen LogP contribution is 2.22. The van der Waals surface area contributed by atoms with Gasteiger partial charge in [0, 0.05) is 17.6 Å². The summed E-state index contributed by atoms with van der Waals surface area (Å²) in [7, 11) is 0. The van der Waals surface area contributed by atoms with Crippen LogP contribution in [0.15, 0.2) is 66.9 Å². The molecule has 2 heterocycles. The van der Waals surface area contributed by atoms with Gasteiger partial charge in [0.1, 0.15) is 17.6 Å². The first-order valence-corrected chi connectivity index (χ1v) is 8.76. The van der Waals surface area contributed by atoms with Crippen molar-refractivity contribution in [1.29, 1.82) is 5.26 Å². The molecule has 2 aromatic carbocycles. The standard InChI is InChI=1S/C22H18N4O/c1-2-27-19-11-9-17(10-12-19)26-13-5-6-18(26)14-16(15-23)22-24-20-7-3-4-8-21(20)25-22/h3-14H,2H2,1H3,(H,24,25)/b16-14-. The van der Waals surface area contributed by atoms with Crippen LogP contribution in [0, 0.1) is 11.3 Å². The Hall–Kier alpha value is -3.78. The lowest BCUT2D eigenvalue weighted by atomic mass is 10.2. The van der Waals surface area contributed by atoms with Crippen molar-refractivity contribution in [3.05, 3.63) is 78.4 Å². The van der Waals surface area contributed by atoms with Crippen LogP contribution in [-0.2, 0) is 0 Å². The van der Waals surface area contributed by atoms with Crippen molar-refractivity contribution in [3.63, 3.8) is 0 Å². The van der Waals surface area contributed by atoms with Gasteiger partial charge in [0.15, 0.2) is 0 Å². The Morgan fingerprint density at radius 3 is 2.70 bits per heavy atom. The predicted molar refractivity (Wildman–Crippen MR) is 107 cm³/mol. The van der Waals surface area contributed by atoms with Gasteiger partial charge in [-0.2, -0.15) is 5.26 Å². The van der Waals surface area contributed by atoms with Gasteiger partial charge in [0.25, 0.3) is 0 Å². The van der Waals surface area contributed by atoms with Gasteiger partial charge < -0.3 is 14.3 Å². The number of fused-ring (bicyclic) bond motifs is 1. The minimum atomic E-state index is 0.483. The summed E-state index contributed by atoms with van der Waals surface area (Å²) >= 11 is 0. The molecule has 5 heteroatoms. The topological polar surface area (TPSA) is 66.6 Å². The molecule has 0 aliphatic rings. The SMILES string of the molecule is CCOc1ccc(-n2cccc2/C=C(/C#N)c2nc3ccccc3[nH]2)cc1. The lowest BCUT2D eigenvalue weighted by Gasteiger charge is -2.08. The van der Waals surface area contributed by atoms with E-state index < -0.39 is 0 Å². The number of hydrogen-bond acceptors (Lipinski definition) is 3. The normalized spacial score (nSPS) is 11.5. The fraction of sp³-hybridized carbons (Fsp3) is 0.0909. The van der Waals surface area contributed by atoms with E-state index in [-0.39, 0.29) is 0 Å². The van der Waals surface area contributed by atoms with Crippen LogP contribution in [0.1, 0.15) is 18.4 Å². The quantitative estimate of drug-likeness (QED) is 0.523. The van der Waals surface area contributed by atoms with Gasteiger partial charge >= 0.3 is 0 Å². The van der Waals surface area contributed by atoms with E-state index in [9.17, 15) is 5.26 Å². The van der Waals surface area contributed by atoms with Gasteiger partial charge in [-0.3, -0.25) is 0 Å². The maximum absolute atomic E-state index is 9.66. The number of nitriles is 1. The molecule has 0 bridgehead atoms. The van der Waals surface area contributed by atoms with E-state index in [1.807, 2.05) is 84.4 Å². The van der Waals surface area contributed by atoms with Crippen LogP contribution in [0.25, 0.3) is 28.4 Å². The van der Waals surface area contributed by atoms with Crippen LogP contribution in [0.2, 0.25) is 0 Å². The highest BCUT2D eigenvalue weighted by Gasteiger charge is 2.09. The van der Waals surface area contributed by atoms with Crippen molar-refractivity contribution in [2.24, 2.45) is 0 Å². The number of nitrogens with one attached hydrogen (secondary N) is 1. The van der Waals surface area contributed by atoms with Crippen molar-refractivity contribution < 1.29 is 4.74 Å². The zero-order valence-electron chi connectivity index (χ0n) is 14.9. The first-order valence-electron chi connectivity index (χ1n) is 8.76. The molecule has 1 N–H and O–H groups in total. The zero-order valence-corrected chi connectivity index (χ0v) is 14.9. The number of hydrogen-bond donors (Lipinski definition) is 1. The predicted octanol–water partition coefficient (Wildman–Crippen LogP) is 4.82. The van der Waals surface area contributed by atoms with E-state index in [4.69, 9.17) is 4.74 Å². The Morgan fingerprint density at radius 1 is 1.15 bits per heavy atom. The minimum absolute atomic E-state index is 0.483. The molecule has 132 valence electrons. The van der Waals surface area contributed by atoms with Crippen LogP contribution >= 0.6 is 0 Å². The molecule has 0 spiro atoms. The zero-order chi connectivity index (χ0) is 18.6. The number of ether oxygens (including phenoxy) is 1. The second-order valence-corrected chi connectivity index (χ2v) is 6.00. The maximum Gasteiger partial charge on any atom is 0.149 e. The van der Waals surface area contributed by atoms with Gasteiger partial charge in [-0.1, -0.05) is 12.1 Å². The fourth-order valence-corrected chi connectivity index (χ4v) is 3.00. The monoisotopic (exact) mass is 354 g/mol. The van der Waals surface area contributed by atoms with Crippen LogP contribution < -0.4 is 4.74 Å². The van der Waals surface area contributed by atoms with E-state index in [0.29, 0.717) is 18.0 Å². The van der Waals surface area contributed by atoms with Gasteiger partial charge in [0.2, 0.25) is 0 Å². The lowest BCUT2D eigenvalue weighted by molar-refractivity contribution is 0.340. The van der Waals surface area contributed by atoms with Crippen molar-refractivity contribution in [1.82, 2.24) is 14.5 Å². The second kappa shape index (κ2) is 7.22. The average molecular weight is 354 g/mol. The maximum atomic E-state index is 9.66. The molecule has 0 fully saturated rings. The molecule has 0 radical (unpaired) electrons. The van der Waals surface area contributed by atoms with Crippen LogP contribution in [-0.4, -0.2) is 21.1 Å². The third-order valence-electron chi connectivity index (χ3n) is 4.26. The number of aromatic amines is 1. The number of benzene rings is 2. The molecule has 5 nitrogen and oxygen atoms in total. The Morgan fingerprint density at radius 2 is 1.96 bits per heavy atom. The lowest BCUT2D eigenvalue weighted by Crippen LogP contribution is -1.96. The molecule has 0 amide bonds. The van der Waals surface area contributed by atoms with E-state index in [1.165, 1.54) is 0 Å². The largest absolute Gasteiger partial charge is 0.494 e. The highest BCUT2D eigenvalue weighted by atomic mass is 16.5.